The first-order valence-corrected chi connectivity index (χ1v) is 6.59. The van der Waals surface area contributed by atoms with Crippen molar-refractivity contribution in [2.45, 2.75) is 6.92 Å². The van der Waals surface area contributed by atoms with E-state index < -0.39 is 11.8 Å². The van der Waals surface area contributed by atoms with E-state index >= 15 is 0 Å². The van der Waals surface area contributed by atoms with E-state index in [1.54, 1.807) is 10.9 Å². The number of carbonyl (C=O) groups is 2. The number of hydrogen-bond donors (Lipinski definition) is 3. The minimum absolute atomic E-state index is 0.173. The van der Waals surface area contributed by atoms with Crippen LogP contribution < -0.4 is 10.7 Å². The first-order valence-electron chi connectivity index (χ1n) is 5.65. The number of H-pyrrole nitrogens is 1. The van der Waals surface area contributed by atoms with E-state index in [1.165, 1.54) is 23.9 Å². The molecule has 0 aromatic carbocycles. The number of hydrazone groups is 1. The van der Waals surface area contributed by atoms with Crippen LogP contribution in [0.5, 0.6) is 0 Å². The van der Waals surface area contributed by atoms with Gasteiger partial charge in [0.2, 0.25) is 0 Å². The number of hydrogen-bond acceptors (Lipinski definition) is 6. The number of aromatic nitrogens is 3. The molecule has 20 heavy (non-hydrogen) atoms. The highest BCUT2D eigenvalue weighted by molar-refractivity contribution is 7.07. The van der Waals surface area contributed by atoms with Crippen LogP contribution in [0.2, 0.25) is 0 Å². The van der Waals surface area contributed by atoms with Crippen molar-refractivity contribution in [1.82, 2.24) is 25.7 Å². The number of rotatable bonds is 5. The highest BCUT2D eigenvalue weighted by Crippen LogP contribution is 1.99. The lowest BCUT2D eigenvalue weighted by atomic mass is 10.4. The Balaban J connectivity index is 1.75. The van der Waals surface area contributed by atoms with Crippen molar-refractivity contribution in [1.29, 1.82) is 0 Å². The van der Waals surface area contributed by atoms with Gasteiger partial charge >= 0.3 is 0 Å². The summed E-state index contributed by atoms with van der Waals surface area (Å²) in [6, 6.07) is 0. The van der Waals surface area contributed by atoms with Gasteiger partial charge in [0.15, 0.2) is 0 Å². The molecule has 2 aromatic rings. The molecule has 0 bridgehead atoms. The van der Waals surface area contributed by atoms with Crippen LogP contribution in [0.15, 0.2) is 22.3 Å². The summed E-state index contributed by atoms with van der Waals surface area (Å²) >= 11 is 1.31. The molecule has 2 rings (SSSR count). The van der Waals surface area contributed by atoms with E-state index in [2.05, 4.69) is 30.8 Å². The minimum Gasteiger partial charge on any atom is -0.348 e. The molecular weight excluding hydrogens is 280 g/mol. The normalized spacial score (nSPS) is 10.7. The van der Waals surface area contributed by atoms with Crippen LogP contribution in [0, 0.1) is 6.92 Å². The lowest BCUT2D eigenvalue weighted by molar-refractivity contribution is -0.120. The summed E-state index contributed by atoms with van der Waals surface area (Å²) < 4.78 is 0. The van der Waals surface area contributed by atoms with Crippen molar-refractivity contribution in [2.75, 3.05) is 6.54 Å². The van der Waals surface area contributed by atoms with Gasteiger partial charge in [0.25, 0.3) is 11.8 Å². The minimum atomic E-state index is -0.432. The SMILES string of the molecule is Cc1[nH]cnc1/C=N/NC(=O)CNC(=O)c1cscn1. The molecule has 2 heterocycles. The van der Waals surface area contributed by atoms with Crippen LogP contribution in [0.1, 0.15) is 21.9 Å². The third-order valence-corrected chi connectivity index (χ3v) is 2.91. The van der Waals surface area contributed by atoms with Crippen molar-refractivity contribution in [3.05, 3.63) is 34.3 Å². The van der Waals surface area contributed by atoms with E-state index in [4.69, 9.17) is 0 Å². The van der Waals surface area contributed by atoms with Gasteiger partial charge in [0.05, 0.1) is 24.6 Å². The quantitative estimate of drug-likeness (QED) is 0.534. The Kier molecular flexibility index (Phi) is 4.56. The van der Waals surface area contributed by atoms with Crippen molar-refractivity contribution in [2.24, 2.45) is 5.10 Å². The zero-order chi connectivity index (χ0) is 14.4. The number of aromatic amines is 1. The summed E-state index contributed by atoms with van der Waals surface area (Å²) in [7, 11) is 0. The number of thiazole rings is 1. The fraction of sp³-hybridized carbons (Fsp3) is 0.182. The van der Waals surface area contributed by atoms with Crippen molar-refractivity contribution in [3.8, 4) is 0 Å². The monoisotopic (exact) mass is 292 g/mol. The highest BCUT2D eigenvalue weighted by atomic mass is 32.1. The molecule has 104 valence electrons. The van der Waals surface area contributed by atoms with Gasteiger partial charge < -0.3 is 10.3 Å². The van der Waals surface area contributed by atoms with Gasteiger partial charge in [-0.15, -0.1) is 11.3 Å². The number of nitrogens with zero attached hydrogens (tertiary/aromatic N) is 3. The molecule has 2 amide bonds. The Morgan fingerprint density at radius 2 is 2.35 bits per heavy atom. The lowest BCUT2D eigenvalue weighted by Gasteiger charge is -2.01. The van der Waals surface area contributed by atoms with E-state index in [-0.39, 0.29) is 6.54 Å². The highest BCUT2D eigenvalue weighted by Gasteiger charge is 2.08. The molecule has 0 atom stereocenters. The molecule has 0 spiro atoms. The molecule has 0 saturated heterocycles. The summed E-state index contributed by atoms with van der Waals surface area (Å²) in [5, 5.41) is 7.78. The second-order valence-electron chi connectivity index (χ2n) is 3.76. The average Bonchev–Trinajstić information content (AvgIpc) is 3.08. The Hall–Kier alpha value is -2.55. The Bertz CT molecular complexity index is 619. The predicted molar refractivity (Wildman–Crippen MR) is 73.5 cm³/mol. The molecule has 0 aliphatic rings. The summed E-state index contributed by atoms with van der Waals surface area (Å²) in [6.07, 6.45) is 2.96. The number of aryl methyl sites for hydroxylation is 1. The van der Waals surface area contributed by atoms with Gasteiger partial charge in [0.1, 0.15) is 11.4 Å². The van der Waals surface area contributed by atoms with Crippen molar-refractivity contribution < 1.29 is 9.59 Å². The van der Waals surface area contributed by atoms with Crippen LogP contribution >= 0.6 is 11.3 Å². The lowest BCUT2D eigenvalue weighted by Crippen LogP contribution is -2.35. The van der Waals surface area contributed by atoms with E-state index in [1.807, 2.05) is 6.92 Å². The summed E-state index contributed by atoms with van der Waals surface area (Å²) in [6.45, 7) is 1.66. The molecule has 8 nitrogen and oxygen atoms in total. The van der Waals surface area contributed by atoms with Crippen LogP contribution in [0.4, 0.5) is 0 Å². The summed E-state index contributed by atoms with van der Waals surface area (Å²) in [5.41, 5.74) is 5.61. The molecule has 3 N–H and O–H groups in total. The predicted octanol–water partition coefficient (Wildman–Crippen LogP) is 0.0547. The first kappa shape index (κ1) is 13.9. The maximum atomic E-state index is 11.5. The van der Waals surface area contributed by atoms with Gasteiger partial charge in [-0.1, -0.05) is 0 Å². The molecule has 9 heteroatoms. The van der Waals surface area contributed by atoms with Crippen LogP contribution in [-0.4, -0.2) is 39.5 Å². The van der Waals surface area contributed by atoms with E-state index in [0.717, 1.165) is 5.69 Å². The molecule has 0 unspecified atom stereocenters. The zero-order valence-electron chi connectivity index (χ0n) is 10.6. The number of amides is 2. The van der Waals surface area contributed by atoms with Crippen LogP contribution in [-0.2, 0) is 4.79 Å². The topological polar surface area (TPSA) is 112 Å². The van der Waals surface area contributed by atoms with Gasteiger partial charge in [0, 0.05) is 11.1 Å². The Labute approximate surface area is 118 Å². The number of imidazole rings is 1. The number of carbonyl (C=O) groups excluding carboxylic acids is 2. The Morgan fingerprint density at radius 3 is 3.00 bits per heavy atom. The number of nitrogens with one attached hydrogen (secondary N) is 3. The third kappa shape index (κ3) is 3.72. The third-order valence-electron chi connectivity index (χ3n) is 2.32. The molecule has 2 aromatic heterocycles. The molecule has 0 saturated carbocycles. The Morgan fingerprint density at radius 1 is 1.50 bits per heavy atom. The van der Waals surface area contributed by atoms with E-state index in [0.29, 0.717) is 11.4 Å². The van der Waals surface area contributed by atoms with Crippen LogP contribution in [0.25, 0.3) is 0 Å². The average molecular weight is 292 g/mol. The molecular formula is C11H12N6O2S. The van der Waals surface area contributed by atoms with Gasteiger partial charge in [-0.3, -0.25) is 9.59 Å². The van der Waals surface area contributed by atoms with E-state index in [9.17, 15) is 9.59 Å². The fourth-order valence-corrected chi connectivity index (χ4v) is 1.81. The zero-order valence-corrected chi connectivity index (χ0v) is 11.4. The molecule has 0 aliphatic carbocycles. The molecule has 0 aliphatic heterocycles. The maximum absolute atomic E-state index is 11.5. The molecule has 0 radical (unpaired) electrons. The van der Waals surface area contributed by atoms with Crippen LogP contribution in [0.3, 0.4) is 0 Å². The van der Waals surface area contributed by atoms with Gasteiger partial charge in [-0.25, -0.2) is 15.4 Å². The maximum Gasteiger partial charge on any atom is 0.271 e. The smallest absolute Gasteiger partial charge is 0.271 e. The van der Waals surface area contributed by atoms with Gasteiger partial charge in [-0.05, 0) is 6.92 Å². The first-order chi connectivity index (χ1) is 9.66. The van der Waals surface area contributed by atoms with Crippen molar-refractivity contribution >= 4 is 29.4 Å². The largest absolute Gasteiger partial charge is 0.348 e. The second kappa shape index (κ2) is 6.57. The van der Waals surface area contributed by atoms with Gasteiger partial charge in [-0.2, -0.15) is 5.10 Å². The fourth-order valence-electron chi connectivity index (χ4n) is 1.28. The summed E-state index contributed by atoms with van der Waals surface area (Å²) in [4.78, 5) is 33.7. The standard InChI is InChI=1S/C11H12N6O2S/c1-7-8(14-5-13-7)2-16-17-10(18)3-12-11(19)9-4-20-6-15-9/h2,4-6H,3H2,1H3,(H,12,19)(H,13,14)(H,17,18)/b16-2+. The summed E-state index contributed by atoms with van der Waals surface area (Å²) in [5.74, 6) is -0.827. The second-order valence-corrected chi connectivity index (χ2v) is 4.48. The molecule has 0 fully saturated rings. The van der Waals surface area contributed by atoms with Crippen molar-refractivity contribution in [3.63, 3.8) is 0 Å².